The van der Waals surface area contributed by atoms with Gasteiger partial charge in [0.25, 0.3) is 0 Å². The molecule has 9 heteroatoms. The van der Waals surface area contributed by atoms with Gasteiger partial charge in [0.2, 0.25) is 0 Å². The molecule has 5 N–H and O–H groups in total. The van der Waals surface area contributed by atoms with Crippen LogP contribution in [0.1, 0.15) is 33.1 Å². The Labute approximate surface area is 122 Å². The monoisotopic (exact) mass is 326 g/mol. The molecule has 5 atom stereocenters. The molecule has 0 aromatic heterocycles. The number of hydrogen-bond acceptors (Lipinski definition) is 6. The Morgan fingerprint density at radius 1 is 1.19 bits per heavy atom. The maximum absolute atomic E-state index is 11.5. The summed E-state index contributed by atoms with van der Waals surface area (Å²) in [5.41, 5.74) is 0. The molecule has 2 rings (SSSR count). The van der Waals surface area contributed by atoms with Crippen LogP contribution in [-0.2, 0) is 14.0 Å². The highest BCUT2D eigenvalue weighted by Gasteiger charge is 2.60. The fourth-order valence-electron chi connectivity index (χ4n) is 2.60. The van der Waals surface area contributed by atoms with Crippen LogP contribution in [0.5, 0.6) is 0 Å². The zero-order valence-corrected chi connectivity index (χ0v) is 12.9. The first-order valence-electron chi connectivity index (χ1n) is 6.98. The fraction of sp³-hybridized carbons (Fsp3) is 1.00. The molecule has 0 spiro atoms. The Kier molecular flexibility index (Phi) is 4.83. The van der Waals surface area contributed by atoms with E-state index in [2.05, 4.69) is 0 Å². The Balaban J connectivity index is 2.10. The van der Waals surface area contributed by atoms with Crippen molar-refractivity contribution in [3.8, 4) is 0 Å². The Morgan fingerprint density at radius 2 is 1.76 bits per heavy atom. The van der Waals surface area contributed by atoms with Gasteiger partial charge in [-0.1, -0.05) is 0 Å². The fourth-order valence-corrected chi connectivity index (χ4v) is 3.71. The second-order valence-corrected chi connectivity index (χ2v) is 8.21. The van der Waals surface area contributed by atoms with Crippen molar-refractivity contribution in [3.05, 3.63) is 0 Å². The Hall–Kier alpha value is -0.0500. The number of ether oxygens (including phenoxy) is 2. The molecule has 1 aliphatic carbocycles. The third kappa shape index (κ3) is 3.48. The van der Waals surface area contributed by atoms with Crippen LogP contribution in [0.15, 0.2) is 0 Å². The highest BCUT2D eigenvalue weighted by molar-refractivity contribution is 7.54. The van der Waals surface area contributed by atoms with Gasteiger partial charge in [-0.3, -0.25) is 4.57 Å². The second-order valence-electron chi connectivity index (χ2n) is 6.17. The largest absolute Gasteiger partial charge is 0.388 e. The van der Waals surface area contributed by atoms with E-state index in [4.69, 9.17) is 9.47 Å². The summed E-state index contributed by atoms with van der Waals surface area (Å²) in [5, 5.41) is 28.5. The summed E-state index contributed by atoms with van der Waals surface area (Å²) in [6.07, 6.45) is -6.12. The van der Waals surface area contributed by atoms with Gasteiger partial charge in [0.05, 0.1) is 17.4 Å². The molecule has 0 aromatic carbocycles. The van der Waals surface area contributed by atoms with Gasteiger partial charge in [-0.2, -0.15) is 0 Å². The third-order valence-corrected chi connectivity index (χ3v) is 5.97. The van der Waals surface area contributed by atoms with Crippen LogP contribution in [0.25, 0.3) is 0 Å². The summed E-state index contributed by atoms with van der Waals surface area (Å²) in [6.45, 7) is 3.45. The van der Waals surface area contributed by atoms with Crippen molar-refractivity contribution >= 4 is 7.60 Å². The Bertz CT molecular complexity index is 417. The van der Waals surface area contributed by atoms with E-state index >= 15 is 0 Å². The van der Waals surface area contributed by atoms with Gasteiger partial charge in [-0.25, -0.2) is 0 Å². The molecular weight excluding hydrogens is 303 g/mol. The third-order valence-electron chi connectivity index (χ3n) is 4.10. The smallest absolute Gasteiger partial charge is 0.331 e. The standard InChI is InChI=1S/C12H23O8P/c1-6(2)19-11-10(15)9(14)8(13)7(20-11)5-12(3-4-12)21(16,17)18/h6-11,13-15H,3-5H2,1-2H3,(H2,16,17,18)/t7-,8-,9+,10+,11+/m1/s1. The lowest BCUT2D eigenvalue weighted by Gasteiger charge is -2.42. The lowest BCUT2D eigenvalue weighted by molar-refractivity contribution is -0.305. The van der Waals surface area contributed by atoms with Crippen molar-refractivity contribution in [2.75, 3.05) is 0 Å². The zero-order valence-electron chi connectivity index (χ0n) is 12.0. The van der Waals surface area contributed by atoms with Crippen molar-refractivity contribution in [1.82, 2.24) is 0 Å². The van der Waals surface area contributed by atoms with Crippen LogP contribution in [0.4, 0.5) is 0 Å². The average Bonchev–Trinajstić information content (AvgIpc) is 3.12. The molecule has 0 unspecified atom stereocenters. The van der Waals surface area contributed by atoms with E-state index in [0.29, 0.717) is 12.8 Å². The maximum atomic E-state index is 11.5. The molecule has 124 valence electrons. The van der Waals surface area contributed by atoms with E-state index in [-0.39, 0.29) is 12.5 Å². The number of hydrogen-bond donors (Lipinski definition) is 5. The topological polar surface area (TPSA) is 137 Å². The molecule has 1 saturated heterocycles. The molecular formula is C12H23O8P. The first kappa shape index (κ1) is 17.3. The SMILES string of the molecule is CC(C)O[C@H]1O[C@H](CC2(P(=O)(O)O)CC2)[C@@H](O)[C@H](O)[C@@H]1O. The summed E-state index contributed by atoms with van der Waals surface area (Å²) in [5.74, 6) is 0. The van der Waals surface area contributed by atoms with E-state index in [9.17, 15) is 29.7 Å². The molecule has 0 amide bonds. The van der Waals surface area contributed by atoms with E-state index in [1.54, 1.807) is 13.8 Å². The minimum Gasteiger partial charge on any atom is -0.388 e. The first-order valence-corrected chi connectivity index (χ1v) is 8.59. The average molecular weight is 326 g/mol. The van der Waals surface area contributed by atoms with Crippen LogP contribution < -0.4 is 0 Å². The zero-order chi connectivity index (χ0) is 16.0. The summed E-state index contributed by atoms with van der Waals surface area (Å²) in [6, 6.07) is 0. The predicted octanol–water partition coefficient (Wildman–Crippen LogP) is -0.681. The molecule has 1 aliphatic heterocycles. The van der Waals surface area contributed by atoms with Crippen LogP contribution in [0, 0.1) is 0 Å². The van der Waals surface area contributed by atoms with Gasteiger partial charge in [-0.15, -0.1) is 0 Å². The predicted molar refractivity (Wildman–Crippen MR) is 71.5 cm³/mol. The number of aliphatic hydroxyl groups is 3. The van der Waals surface area contributed by atoms with Crippen molar-refractivity contribution < 1.29 is 39.1 Å². The first-order chi connectivity index (χ1) is 9.57. The van der Waals surface area contributed by atoms with Gasteiger partial charge < -0.3 is 34.6 Å². The molecule has 1 saturated carbocycles. The molecule has 21 heavy (non-hydrogen) atoms. The molecule has 8 nitrogen and oxygen atoms in total. The molecule has 0 radical (unpaired) electrons. The summed E-state index contributed by atoms with van der Waals surface area (Å²) in [4.78, 5) is 18.8. The van der Waals surface area contributed by atoms with E-state index < -0.39 is 43.5 Å². The number of aliphatic hydroxyl groups excluding tert-OH is 3. The van der Waals surface area contributed by atoms with Gasteiger partial charge >= 0.3 is 7.60 Å². The second kappa shape index (κ2) is 5.86. The quantitative estimate of drug-likeness (QED) is 0.419. The summed E-state index contributed by atoms with van der Waals surface area (Å²) >= 11 is 0. The van der Waals surface area contributed by atoms with Gasteiger partial charge in [0.15, 0.2) is 6.29 Å². The minimum absolute atomic E-state index is 0.0832. The Morgan fingerprint density at radius 3 is 2.19 bits per heavy atom. The van der Waals surface area contributed by atoms with Gasteiger partial charge in [-0.05, 0) is 33.1 Å². The van der Waals surface area contributed by atoms with E-state index in [1.807, 2.05) is 0 Å². The minimum atomic E-state index is -4.31. The highest BCUT2D eigenvalue weighted by atomic mass is 31.2. The van der Waals surface area contributed by atoms with Crippen molar-refractivity contribution in [3.63, 3.8) is 0 Å². The summed E-state index contributed by atoms with van der Waals surface area (Å²) in [7, 11) is -4.31. The van der Waals surface area contributed by atoms with E-state index in [0.717, 1.165) is 0 Å². The molecule has 2 fully saturated rings. The van der Waals surface area contributed by atoms with Crippen molar-refractivity contribution in [2.24, 2.45) is 0 Å². The summed E-state index contributed by atoms with van der Waals surface area (Å²) < 4.78 is 22.3. The van der Waals surface area contributed by atoms with Crippen LogP contribution in [0.2, 0.25) is 0 Å². The normalized spacial score (nSPS) is 39.5. The molecule has 1 heterocycles. The maximum Gasteiger partial charge on any atom is 0.331 e. The van der Waals surface area contributed by atoms with Gasteiger partial charge in [0.1, 0.15) is 18.3 Å². The lowest BCUT2D eigenvalue weighted by Crippen LogP contribution is -2.59. The molecule has 0 bridgehead atoms. The molecule has 2 aliphatic rings. The highest BCUT2D eigenvalue weighted by Crippen LogP contribution is 2.67. The number of rotatable bonds is 5. The van der Waals surface area contributed by atoms with Crippen molar-refractivity contribution in [2.45, 2.75) is 75.1 Å². The van der Waals surface area contributed by atoms with Crippen LogP contribution in [0.3, 0.4) is 0 Å². The van der Waals surface area contributed by atoms with Crippen molar-refractivity contribution in [1.29, 1.82) is 0 Å². The van der Waals surface area contributed by atoms with Crippen LogP contribution >= 0.6 is 7.60 Å². The van der Waals surface area contributed by atoms with Crippen LogP contribution in [-0.4, -0.2) is 67.1 Å². The lowest BCUT2D eigenvalue weighted by atomic mass is 9.95. The van der Waals surface area contributed by atoms with Gasteiger partial charge in [0, 0.05) is 0 Å². The van der Waals surface area contributed by atoms with E-state index in [1.165, 1.54) is 0 Å². The molecule has 0 aromatic rings.